The number of hydrogen-bond acceptors (Lipinski definition) is 3. The van der Waals surface area contributed by atoms with Gasteiger partial charge in [0, 0.05) is 6.54 Å². The first-order valence-corrected chi connectivity index (χ1v) is 9.38. The first-order valence-electron chi connectivity index (χ1n) is 7.94. The van der Waals surface area contributed by atoms with Gasteiger partial charge < -0.3 is 4.74 Å². The van der Waals surface area contributed by atoms with Gasteiger partial charge in [0.25, 0.3) is 0 Å². The van der Waals surface area contributed by atoms with Crippen molar-refractivity contribution < 1.29 is 13.2 Å². The average Bonchev–Trinajstić information content (AvgIpc) is 2.61. The Bertz CT molecular complexity index is 798. The zero-order valence-corrected chi connectivity index (χ0v) is 14.4. The number of hydrogen-bond donors (Lipinski definition) is 0. The summed E-state index contributed by atoms with van der Waals surface area (Å²) >= 11 is 0. The standard InChI is InChI=1S/C19H21NO3S/c1-16-9-11-19(12-10-16)24(21,22)20(18-8-5-13-23-15-18)14-17-6-3-2-4-7-17/h2-12,18H,13-15H2,1H3. The lowest BCUT2D eigenvalue weighted by molar-refractivity contribution is 0.111. The molecule has 0 aliphatic carbocycles. The molecule has 2 aromatic rings. The number of benzene rings is 2. The SMILES string of the molecule is Cc1ccc(S(=O)(=O)N(Cc2ccccc2)C2C=CCOC2)cc1. The molecule has 0 radical (unpaired) electrons. The van der Waals surface area contributed by atoms with E-state index in [0.717, 1.165) is 11.1 Å². The molecule has 4 nitrogen and oxygen atoms in total. The molecule has 0 saturated heterocycles. The van der Waals surface area contributed by atoms with E-state index >= 15 is 0 Å². The number of sulfonamides is 1. The summed E-state index contributed by atoms with van der Waals surface area (Å²) in [7, 11) is -3.61. The van der Waals surface area contributed by atoms with Crippen LogP contribution in [0.5, 0.6) is 0 Å². The highest BCUT2D eigenvalue weighted by Gasteiger charge is 2.31. The van der Waals surface area contributed by atoms with Crippen LogP contribution in [-0.2, 0) is 21.3 Å². The van der Waals surface area contributed by atoms with E-state index in [9.17, 15) is 8.42 Å². The highest BCUT2D eigenvalue weighted by molar-refractivity contribution is 7.89. The van der Waals surface area contributed by atoms with Crippen LogP contribution in [0.3, 0.4) is 0 Å². The molecule has 1 unspecified atom stereocenters. The van der Waals surface area contributed by atoms with Gasteiger partial charge in [0.05, 0.1) is 24.2 Å². The van der Waals surface area contributed by atoms with Gasteiger partial charge in [-0.25, -0.2) is 8.42 Å². The lowest BCUT2D eigenvalue weighted by atomic mass is 10.2. The van der Waals surface area contributed by atoms with E-state index in [0.29, 0.717) is 24.7 Å². The highest BCUT2D eigenvalue weighted by atomic mass is 32.2. The maximum atomic E-state index is 13.2. The Morgan fingerprint density at radius 1 is 1.08 bits per heavy atom. The van der Waals surface area contributed by atoms with Crippen molar-refractivity contribution in [1.29, 1.82) is 0 Å². The van der Waals surface area contributed by atoms with Crippen LogP contribution in [0, 0.1) is 6.92 Å². The maximum Gasteiger partial charge on any atom is 0.243 e. The van der Waals surface area contributed by atoms with Crippen molar-refractivity contribution in [3.05, 3.63) is 77.9 Å². The van der Waals surface area contributed by atoms with Crippen LogP contribution in [0.4, 0.5) is 0 Å². The lowest BCUT2D eigenvalue weighted by Crippen LogP contribution is -2.42. The van der Waals surface area contributed by atoms with Crippen molar-refractivity contribution in [3.8, 4) is 0 Å². The van der Waals surface area contributed by atoms with E-state index < -0.39 is 10.0 Å². The van der Waals surface area contributed by atoms with E-state index in [1.165, 1.54) is 4.31 Å². The molecular formula is C19H21NO3S. The third kappa shape index (κ3) is 3.75. The predicted molar refractivity (Wildman–Crippen MR) is 94.1 cm³/mol. The van der Waals surface area contributed by atoms with Crippen LogP contribution in [-0.4, -0.2) is 32.0 Å². The van der Waals surface area contributed by atoms with E-state index in [-0.39, 0.29) is 6.04 Å². The summed E-state index contributed by atoms with van der Waals surface area (Å²) in [5, 5.41) is 0. The van der Waals surface area contributed by atoms with E-state index in [1.54, 1.807) is 12.1 Å². The molecule has 1 atom stereocenters. The molecule has 3 rings (SSSR count). The summed E-state index contributed by atoms with van der Waals surface area (Å²) in [6, 6.07) is 16.3. The van der Waals surface area contributed by atoms with Gasteiger partial charge in [0.15, 0.2) is 0 Å². The maximum absolute atomic E-state index is 13.2. The van der Waals surface area contributed by atoms with Crippen LogP contribution in [0.15, 0.2) is 71.6 Å². The van der Waals surface area contributed by atoms with Crippen molar-refractivity contribution in [2.75, 3.05) is 13.2 Å². The molecule has 126 valence electrons. The number of nitrogens with zero attached hydrogens (tertiary/aromatic N) is 1. The van der Waals surface area contributed by atoms with E-state index in [1.807, 2.05) is 61.5 Å². The summed E-state index contributed by atoms with van der Waals surface area (Å²) in [5.41, 5.74) is 1.98. The Hall–Kier alpha value is -1.95. The topological polar surface area (TPSA) is 46.6 Å². The highest BCUT2D eigenvalue weighted by Crippen LogP contribution is 2.23. The summed E-state index contributed by atoms with van der Waals surface area (Å²) < 4.78 is 33.3. The summed E-state index contributed by atoms with van der Waals surface area (Å²) in [5.74, 6) is 0. The summed E-state index contributed by atoms with van der Waals surface area (Å²) in [6.07, 6.45) is 3.79. The van der Waals surface area contributed by atoms with Gasteiger partial charge >= 0.3 is 0 Å². The average molecular weight is 343 g/mol. The van der Waals surface area contributed by atoms with Gasteiger partial charge in [0.1, 0.15) is 0 Å². The zero-order valence-electron chi connectivity index (χ0n) is 13.6. The smallest absolute Gasteiger partial charge is 0.243 e. The minimum Gasteiger partial charge on any atom is -0.375 e. The molecule has 24 heavy (non-hydrogen) atoms. The predicted octanol–water partition coefficient (Wildman–Crippen LogP) is 3.14. The molecule has 0 fully saturated rings. The van der Waals surface area contributed by atoms with Crippen LogP contribution >= 0.6 is 0 Å². The van der Waals surface area contributed by atoms with Crippen LogP contribution in [0.2, 0.25) is 0 Å². The largest absolute Gasteiger partial charge is 0.375 e. The minimum atomic E-state index is -3.61. The Balaban J connectivity index is 1.98. The van der Waals surface area contributed by atoms with Crippen molar-refractivity contribution in [1.82, 2.24) is 4.31 Å². The zero-order chi connectivity index (χ0) is 17.0. The molecule has 1 aliphatic heterocycles. The lowest BCUT2D eigenvalue weighted by Gasteiger charge is -2.30. The van der Waals surface area contributed by atoms with Gasteiger partial charge in [-0.2, -0.15) is 4.31 Å². The Labute approximate surface area is 143 Å². The number of aryl methyl sites for hydroxylation is 1. The van der Waals surface area contributed by atoms with Crippen LogP contribution in [0.25, 0.3) is 0 Å². The molecule has 2 aromatic carbocycles. The van der Waals surface area contributed by atoms with Gasteiger partial charge in [-0.15, -0.1) is 0 Å². The van der Waals surface area contributed by atoms with Gasteiger partial charge in [0.2, 0.25) is 10.0 Å². The van der Waals surface area contributed by atoms with Gasteiger partial charge in [-0.05, 0) is 24.6 Å². The minimum absolute atomic E-state index is 0.301. The van der Waals surface area contributed by atoms with E-state index in [4.69, 9.17) is 4.74 Å². The molecule has 5 heteroatoms. The molecule has 0 bridgehead atoms. The Kier molecular flexibility index (Phi) is 5.14. The fourth-order valence-electron chi connectivity index (χ4n) is 2.69. The normalized spacial score (nSPS) is 18.0. The van der Waals surface area contributed by atoms with Crippen molar-refractivity contribution in [3.63, 3.8) is 0 Å². The monoisotopic (exact) mass is 343 g/mol. The molecule has 0 spiro atoms. The molecule has 0 amide bonds. The molecular weight excluding hydrogens is 322 g/mol. The second-order valence-electron chi connectivity index (χ2n) is 5.88. The first kappa shape index (κ1) is 16.9. The molecule has 0 N–H and O–H groups in total. The third-order valence-electron chi connectivity index (χ3n) is 4.04. The van der Waals surface area contributed by atoms with E-state index in [2.05, 4.69) is 0 Å². The van der Waals surface area contributed by atoms with Gasteiger partial charge in [-0.3, -0.25) is 0 Å². The third-order valence-corrected chi connectivity index (χ3v) is 5.92. The number of ether oxygens (including phenoxy) is 1. The Morgan fingerprint density at radius 2 is 1.79 bits per heavy atom. The second kappa shape index (κ2) is 7.30. The molecule has 0 saturated carbocycles. The van der Waals surface area contributed by atoms with Crippen molar-refractivity contribution in [2.24, 2.45) is 0 Å². The molecule has 0 aromatic heterocycles. The summed E-state index contributed by atoms with van der Waals surface area (Å²) in [6.45, 7) is 3.15. The second-order valence-corrected chi connectivity index (χ2v) is 7.77. The molecule has 1 heterocycles. The first-order chi connectivity index (χ1) is 11.6. The fraction of sp³-hybridized carbons (Fsp3) is 0.263. The quantitative estimate of drug-likeness (QED) is 0.784. The van der Waals surface area contributed by atoms with Crippen LogP contribution < -0.4 is 0 Å². The van der Waals surface area contributed by atoms with Crippen molar-refractivity contribution >= 4 is 10.0 Å². The van der Waals surface area contributed by atoms with Crippen LogP contribution in [0.1, 0.15) is 11.1 Å². The Morgan fingerprint density at radius 3 is 2.42 bits per heavy atom. The molecule has 1 aliphatic rings. The van der Waals surface area contributed by atoms with Gasteiger partial charge in [-0.1, -0.05) is 60.2 Å². The fourth-order valence-corrected chi connectivity index (χ4v) is 4.25. The summed E-state index contributed by atoms with van der Waals surface area (Å²) in [4.78, 5) is 0.308. The van der Waals surface area contributed by atoms with Crippen molar-refractivity contribution in [2.45, 2.75) is 24.4 Å². The number of rotatable bonds is 5.